The molecule has 0 unspecified atom stereocenters. The third kappa shape index (κ3) is 1.49. The molecule has 2 nitrogen and oxygen atoms in total. The van der Waals surface area contributed by atoms with Crippen LogP contribution < -0.4 is 5.73 Å². The summed E-state index contributed by atoms with van der Waals surface area (Å²) in [4.78, 5) is 0.994. The van der Waals surface area contributed by atoms with Crippen molar-refractivity contribution in [3.63, 3.8) is 0 Å². The molecular weight excluding hydrogens is 194 g/mol. The van der Waals surface area contributed by atoms with Crippen molar-refractivity contribution in [1.29, 1.82) is 0 Å². The molecule has 1 heterocycles. The fraction of sp³-hybridized carbons (Fsp3) is 0.273. The smallest absolute Gasteiger partial charge is 0.137 e. The number of rotatable bonds is 2. The number of hydrogen-bond donors (Lipinski definition) is 2. The summed E-state index contributed by atoms with van der Waals surface area (Å²) in [5.41, 5.74) is 6.65. The van der Waals surface area contributed by atoms with Crippen LogP contribution in [0.5, 0.6) is 5.75 Å². The molecule has 3 heteroatoms. The summed E-state index contributed by atoms with van der Waals surface area (Å²) in [6.45, 7) is 2.61. The summed E-state index contributed by atoms with van der Waals surface area (Å²) >= 11 is 1.63. The van der Waals surface area contributed by atoms with Gasteiger partial charge in [-0.15, -0.1) is 11.3 Å². The molecule has 0 atom stereocenters. The van der Waals surface area contributed by atoms with Gasteiger partial charge < -0.3 is 10.8 Å². The number of aromatic hydroxyl groups is 1. The number of aryl methyl sites for hydroxylation is 1. The molecule has 0 aliphatic carbocycles. The molecule has 14 heavy (non-hydrogen) atoms. The van der Waals surface area contributed by atoms with Gasteiger partial charge in [0.15, 0.2) is 0 Å². The summed E-state index contributed by atoms with van der Waals surface area (Å²) in [6.07, 6.45) is 0.754. The molecule has 0 fully saturated rings. The second-order valence-corrected chi connectivity index (χ2v) is 4.55. The van der Waals surface area contributed by atoms with E-state index in [-0.39, 0.29) is 0 Å². The van der Waals surface area contributed by atoms with Crippen LogP contribution in [0.4, 0.5) is 0 Å². The molecule has 0 spiro atoms. The molecule has 0 radical (unpaired) electrons. The van der Waals surface area contributed by atoms with Crippen LogP contribution in [0.25, 0.3) is 10.1 Å². The van der Waals surface area contributed by atoms with E-state index in [0.717, 1.165) is 21.4 Å². The molecule has 0 aliphatic rings. The quantitative estimate of drug-likeness (QED) is 0.794. The maximum Gasteiger partial charge on any atom is 0.137 e. The van der Waals surface area contributed by atoms with Crippen LogP contribution in [-0.4, -0.2) is 11.7 Å². The Hall–Kier alpha value is -1.06. The van der Waals surface area contributed by atoms with E-state index in [1.807, 2.05) is 13.0 Å². The minimum Gasteiger partial charge on any atom is -0.506 e. The number of hydrogen-bond acceptors (Lipinski definition) is 3. The number of nitrogens with two attached hydrogens (primary N) is 1. The Morgan fingerprint density at radius 1 is 1.43 bits per heavy atom. The van der Waals surface area contributed by atoms with E-state index in [1.165, 1.54) is 5.56 Å². The van der Waals surface area contributed by atoms with Gasteiger partial charge >= 0.3 is 0 Å². The molecule has 74 valence electrons. The summed E-state index contributed by atoms with van der Waals surface area (Å²) in [5, 5.41) is 10.9. The average Bonchev–Trinajstić information content (AvgIpc) is 2.46. The van der Waals surface area contributed by atoms with Crippen molar-refractivity contribution in [3.8, 4) is 5.75 Å². The van der Waals surface area contributed by atoms with Crippen molar-refractivity contribution < 1.29 is 5.11 Å². The molecule has 2 aromatic rings. The first-order chi connectivity index (χ1) is 6.72. The predicted octanol–water partition coefficient (Wildman–Crippen LogP) is 2.42. The fourth-order valence-electron chi connectivity index (χ4n) is 1.55. The molecule has 0 amide bonds. The minimum atomic E-state index is 0.416. The maximum atomic E-state index is 9.90. The highest BCUT2D eigenvalue weighted by Gasteiger charge is 2.09. The lowest BCUT2D eigenvalue weighted by atomic mass is 10.1. The van der Waals surface area contributed by atoms with Crippen LogP contribution in [-0.2, 0) is 6.42 Å². The molecule has 0 saturated carbocycles. The van der Waals surface area contributed by atoms with Crippen LogP contribution in [0, 0.1) is 6.92 Å². The highest BCUT2D eigenvalue weighted by atomic mass is 32.1. The average molecular weight is 207 g/mol. The Kier molecular flexibility index (Phi) is 2.44. The highest BCUT2D eigenvalue weighted by Crippen LogP contribution is 2.37. The Bertz CT molecular complexity index is 462. The highest BCUT2D eigenvalue weighted by molar-refractivity contribution is 7.19. The monoisotopic (exact) mass is 207 g/mol. The Morgan fingerprint density at radius 3 is 2.93 bits per heavy atom. The van der Waals surface area contributed by atoms with E-state index in [2.05, 4.69) is 12.1 Å². The number of thiophene rings is 1. The first-order valence-corrected chi connectivity index (χ1v) is 5.45. The SMILES string of the molecule is Cc1ccc2sc(CCN)c(O)c2c1. The largest absolute Gasteiger partial charge is 0.506 e. The van der Waals surface area contributed by atoms with Crippen LogP contribution in [0.15, 0.2) is 18.2 Å². The zero-order chi connectivity index (χ0) is 10.1. The van der Waals surface area contributed by atoms with E-state index in [4.69, 9.17) is 5.73 Å². The van der Waals surface area contributed by atoms with Gasteiger partial charge in [-0.1, -0.05) is 11.6 Å². The zero-order valence-corrected chi connectivity index (χ0v) is 8.90. The van der Waals surface area contributed by atoms with E-state index in [9.17, 15) is 5.11 Å². The van der Waals surface area contributed by atoms with Crippen molar-refractivity contribution in [2.75, 3.05) is 6.54 Å². The Balaban J connectivity index is 2.62. The van der Waals surface area contributed by atoms with Gasteiger partial charge in [0.25, 0.3) is 0 Å². The molecule has 0 bridgehead atoms. The van der Waals surface area contributed by atoms with Crippen molar-refractivity contribution in [2.24, 2.45) is 5.73 Å². The van der Waals surface area contributed by atoms with Crippen LogP contribution in [0.3, 0.4) is 0 Å². The van der Waals surface area contributed by atoms with Crippen molar-refractivity contribution in [3.05, 3.63) is 28.6 Å². The molecule has 1 aromatic heterocycles. The first-order valence-electron chi connectivity index (χ1n) is 4.63. The summed E-state index contributed by atoms with van der Waals surface area (Å²) < 4.78 is 1.14. The Morgan fingerprint density at radius 2 is 2.21 bits per heavy atom. The second-order valence-electron chi connectivity index (χ2n) is 3.41. The first kappa shape index (κ1) is 9.49. The lowest BCUT2D eigenvalue weighted by Crippen LogP contribution is -2.00. The second kappa shape index (κ2) is 3.59. The van der Waals surface area contributed by atoms with Gasteiger partial charge in [-0.05, 0) is 32.0 Å². The van der Waals surface area contributed by atoms with Crippen molar-refractivity contribution >= 4 is 21.4 Å². The van der Waals surface area contributed by atoms with Gasteiger partial charge in [0, 0.05) is 15.0 Å². The number of fused-ring (bicyclic) bond motifs is 1. The van der Waals surface area contributed by atoms with Gasteiger partial charge in [0.1, 0.15) is 5.75 Å². The van der Waals surface area contributed by atoms with Crippen LogP contribution in [0.1, 0.15) is 10.4 Å². The van der Waals surface area contributed by atoms with Gasteiger partial charge in [0.05, 0.1) is 0 Å². The number of benzene rings is 1. The van der Waals surface area contributed by atoms with E-state index in [1.54, 1.807) is 11.3 Å². The van der Waals surface area contributed by atoms with Crippen LogP contribution >= 0.6 is 11.3 Å². The Labute approximate surface area is 87.0 Å². The molecule has 1 aromatic carbocycles. The maximum absolute atomic E-state index is 9.90. The third-order valence-electron chi connectivity index (χ3n) is 2.26. The van der Waals surface area contributed by atoms with Crippen LogP contribution in [0.2, 0.25) is 0 Å². The zero-order valence-electron chi connectivity index (χ0n) is 8.08. The van der Waals surface area contributed by atoms with Gasteiger partial charge in [-0.2, -0.15) is 0 Å². The predicted molar refractivity (Wildman–Crippen MR) is 61.0 cm³/mol. The molecule has 3 N–H and O–H groups in total. The molecular formula is C11H13NOS. The van der Waals surface area contributed by atoms with Gasteiger partial charge in [-0.3, -0.25) is 0 Å². The van der Waals surface area contributed by atoms with E-state index < -0.39 is 0 Å². The summed E-state index contributed by atoms with van der Waals surface area (Å²) in [5.74, 6) is 0.416. The lowest BCUT2D eigenvalue weighted by Gasteiger charge is -1.94. The van der Waals surface area contributed by atoms with Gasteiger partial charge in [-0.25, -0.2) is 0 Å². The van der Waals surface area contributed by atoms with E-state index in [0.29, 0.717) is 12.3 Å². The van der Waals surface area contributed by atoms with E-state index >= 15 is 0 Å². The fourth-order valence-corrected chi connectivity index (χ4v) is 2.64. The summed E-state index contributed by atoms with van der Waals surface area (Å²) in [7, 11) is 0. The summed E-state index contributed by atoms with van der Waals surface area (Å²) in [6, 6.07) is 6.13. The molecule has 0 saturated heterocycles. The standard InChI is InChI=1S/C11H13NOS/c1-7-2-3-9-8(6-7)11(13)10(14-9)4-5-12/h2-3,6,13H,4-5,12H2,1H3. The normalized spacial score (nSPS) is 11.0. The lowest BCUT2D eigenvalue weighted by molar-refractivity contribution is 0.477. The molecule has 2 rings (SSSR count). The van der Waals surface area contributed by atoms with Crippen molar-refractivity contribution in [2.45, 2.75) is 13.3 Å². The molecule has 0 aliphatic heterocycles. The van der Waals surface area contributed by atoms with Gasteiger partial charge in [0.2, 0.25) is 0 Å². The topological polar surface area (TPSA) is 46.2 Å². The minimum absolute atomic E-state index is 0.416. The van der Waals surface area contributed by atoms with Crippen molar-refractivity contribution in [1.82, 2.24) is 0 Å². The third-order valence-corrected chi connectivity index (χ3v) is 3.48.